The van der Waals surface area contributed by atoms with E-state index >= 15 is 0 Å². The number of hydrogen-bond donors (Lipinski definition) is 2. The van der Waals surface area contributed by atoms with Crippen LogP contribution >= 0.6 is 22.9 Å². The predicted octanol–water partition coefficient (Wildman–Crippen LogP) is 4.81. The maximum atomic E-state index is 12.2. The average Bonchev–Trinajstić information content (AvgIpc) is 3.21. The minimum Gasteiger partial charge on any atom is -0.321 e. The van der Waals surface area contributed by atoms with Crippen molar-refractivity contribution in [1.29, 1.82) is 0 Å². The Morgan fingerprint density at radius 2 is 1.81 bits per heavy atom. The number of benzene rings is 2. The molecule has 27 heavy (non-hydrogen) atoms. The van der Waals surface area contributed by atoms with Crippen LogP contribution in [0, 0.1) is 0 Å². The molecule has 3 aromatic rings. The average molecular weight is 398 g/mol. The zero-order valence-electron chi connectivity index (χ0n) is 14.4. The summed E-state index contributed by atoms with van der Waals surface area (Å²) in [6.45, 7) is 1.77. The van der Waals surface area contributed by atoms with Gasteiger partial charge in [0.15, 0.2) is 0 Å². The Kier molecular flexibility index (Phi) is 6.01. The summed E-state index contributed by atoms with van der Waals surface area (Å²) in [7, 11) is 0. The highest BCUT2D eigenvalue weighted by Crippen LogP contribution is 2.16. The van der Waals surface area contributed by atoms with Crippen LogP contribution in [-0.2, 0) is 0 Å². The Hall–Kier alpha value is -2.96. The van der Waals surface area contributed by atoms with Gasteiger partial charge in [-0.2, -0.15) is 5.10 Å². The Bertz CT molecular complexity index is 1000. The van der Waals surface area contributed by atoms with E-state index in [1.807, 2.05) is 23.6 Å². The van der Waals surface area contributed by atoms with Gasteiger partial charge in [-0.05, 0) is 48.2 Å². The van der Waals surface area contributed by atoms with Gasteiger partial charge in [0, 0.05) is 5.69 Å². The third-order valence-corrected chi connectivity index (χ3v) is 4.93. The lowest BCUT2D eigenvalue weighted by atomic mass is 10.1. The first-order valence-electron chi connectivity index (χ1n) is 8.09. The minimum atomic E-state index is -0.387. The monoisotopic (exact) mass is 397 g/mol. The molecule has 2 aromatic carbocycles. The predicted molar refractivity (Wildman–Crippen MR) is 110 cm³/mol. The van der Waals surface area contributed by atoms with Gasteiger partial charge in [0.1, 0.15) is 0 Å². The molecule has 0 fully saturated rings. The van der Waals surface area contributed by atoms with Crippen LogP contribution in [0.5, 0.6) is 0 Å². The normalized spacial score (nSPS) is 11.1. The number of hydrogen-bond acceptors (Lipinski definition) is 4. The molecular weight excluding hydrogens is 382 g/mol. The van der Waals surface area contributed by atoms with E-state index in [1.54, 1.807) is 49.4 Å². The molecule has 0 unspecified atom stereocenters. The molecule has 136 valence electrons. The Labute approximate surface area is 165 Å². The van der Waals surface area contributed by atoms with Gasteiger partial charge in [0.05, 0.1) is 21.2 Å². The van der Waals surface area contributed by atoms with Crippen LogP contribution in [0.4, 0.5) is 5.69 Å². The van der Waals surface area contributed by atoms with Crippen molar-refractivity contribution in [2.45, 2.75) is 6.92 Å². The van der Waals surface area contributed by atoms with Gasteiger partial charge in [-0.25, -0.2) is 5.43 Å². The van der Waals surface area contributed by atoms with Crippen molar-refractivity contribution in [3.05, 3.63) is 87.1 Å². The molecule has 1 aromatic heterocycles. The number of hydrazone groups is 1. The summed E-state index contributed by atoms with van der Waals surface area (Å²) in [5.74, 6) is -0.550. The van der Waals surface area contributed by atoms with Crippen molar-refractivity contribution in [2.75, 3.05) is 5.32 Å². The first kappa shape index (κ1) is 18.8. The number of halogens is 1. The van der Waals surface area contributed by atoms with Gasteiger partial charge < -0.3 is 5.32 Å². The van der Waals surface area contributed by atoms with Crippen molar-refractivity contribution < 1.29 is 9.59 Å². The SMILES string of the molecule is CC(=NNC(=O)c1ccccc1Cl)c1cccc(NC(=O)c2cccs2)c1. The van der Waals surface area contributed by atoms with Gasteiger partial charge >= 0.3 is 0 Å². The summed E-state index contributed by atoms with van der Waals surface area (Å²) in [6, 6.07) is 17.6. The standard InChI is InChI=1S/C20H16ClN3O2S/c1-13(23-24-19(25)16-8-2-3-9-17(16)21)14-6-4-7-15(12-14)22-20(26)18-10-5-11-27-18/h2-12H,1H3,(H,22,26)(H,24,25). The topological polar surface area (TPSA) is 70.6 Å². The first-order valence-corrected chi connectivity index (χ1v) is 9.35. The third-order valence-electron chi connectivity index (χ3n) is 3.73. The molecule has 0 aliphatic rings. The number of carbonyl (C=O) groups is 2. The Balaban J connectivity index is 1.70. The second-order valence-electron chi connectivity index (χ2n) is 5.63. The molecule has 5 nitrogen and oxygen atoms in total. The maximum absolute atomic E-state index is 12.2. The number of nitrogens with one attached hydrogen (secondary N) is 2. The lowest BCUT2D eigenvalue weighted by Gasteiger charge is -2.07. The summed E-state index contributed by atoms with van der Waals surface area (Å²) in [6.07, 6.45) is 0. The van der Waals surface area contributed by atoms with Crippen LogP contribution in [0.2, 0.25) is 5.02 Å². The second kappa shape index (κ2) is 8.62. The van der Waals surface area contributed by atoms with Crippen molar-refractivity contribution in [3.63, 3.8) is 0 Å². The smallest absolute Gasteiger partial charge is 0.272 e. The first-order chi connectivity index (χ1) is 13.0. The number of amides is 2. The summed E-state index contributed by atoms with van der Waals surface area (Å²) in [5, 5.41) is 9.19. The van der Waals surface area contributed by atoms with Crippen LogP contribution in [0.3, 0.4) is 0 Å². The van der Waals surface area contributed by atoms with E-state index in [2.05, 4.69) is 15.8 Å². The number of carbonyl (C=O) groups excluding carboxylic acids is 2. The van der Waals surface area contributed by atoms with Crippen LogP contribution in [0.25, 0.3) is 0 Å². The number of nitrogens with zero attached hydrogens (tertiary/aromatic N) is 1. The molecule has 7 heteroatoms. The maximum Gasteiger partial charge on any atom is 0.272 e. The Morgan fingerprint density at radius 1 is 1.00 bits per heavy atom. The highest BCUT2D eigenvalue weighted by atomic mass is 35.5. The summed E-state index contributed by atoms with van der Waals surface area (Å²) in [5.41, 5.74) is 4.88. The minimum absolute atomic E-state index is 0.163. The number of rotatable bonds is 5. The van der Waals surface area contributed by atoms with E-state index in [-0.39, 0.29) is 11.8 Å². The van der Waals surface area contributed by atoms with E-state index < -0.39 is 0 Å². The van der Waals surface area contributed by atoms with Gasteiger partial charge in [-0.15, -0.1) is 11.3 Å². The van der Waals surface area contributed by atoms with Gasteiger partial charge in [-0.3, -0.25) is 9.59 Å². The van der Waals surface area contributed by atoms with Crippen LogP contribution in [0.1, 0.15) is 32.5 Å². The van der Waals surface area contributed by atoms with Crippen LogP contribution < -0.4 is 10.7 Å². The molecule has 0 spiro atoms. The molecule has 0 radical (unpaired) electrons. The molecule has 2 N–H and O–H groups in total. The molecule has 2 amide bonds. The number of anilines is 1. The summed E-state index contributed by atoms with van der Waals surface area (Å²) >= 11 is 7.39. The van der Waals surface area contributed by atoms with Crippen molar-refractivity contribution >= 4 is 46.2 Å². The zero-order valence-corrected chi connectivity index (χ0v) is 16.0. The summed E-state index contributed by atoms with van der Waals surface area (Å²) < 4.78 is 0. The quantitative estimate of drug-likeness (QED) is 0.479. The van der Waals surface area contributed by atoms with Crippen LogP contribution in [-0.4, -0.2) is 17.5 Å². The molecule has 3 rings (SSSR count). The largest absolute Gasteiger partial charge is 0.321 e. The van der Waals surface area contributed by atoms with Crippen LogP contribution in [0.15, 0.2) is 71.1 Å². The highest BCUT2D eigenvalue weighted by molar-refractivity contribution is 7.12. The Morgan fingerprint density at radius 3 is 2.56 bits per heavy atom. The van der Waals surface area contributed by atoms with Crippen molar-refractivity contribution in [3.8, 4) is 0 Å². The third kappa shape index (κ3) is 4.81. The number of thiophene rings is 1. The fourth-order valence-corrected chi connectivity index (χ4v) is 3.17. The second-order valence-corrected chi connectivity index (χ2v) is 6.99. The summed E-state index contributed by atoms with van der Waals surface area (Å²) in [4.78, 5) is 25.0. The van der Waals surface area contributed by atoms with Gasteiger partial charge in [0.2, 0.25) is 0 Å². The van der Waals surface area contributed by atoms with E-state index in [9.17, 15) is 9.59 Å². The molecule has 1 heterocycles. The molecular formula is C20H16ClN3O2S. The van der Waals surface area contributed by atoms with Crippen molar-refractivity contribution in [2.24, 2.45) is 5.10 Å². The molecule has 0 saturated heterocycles. The lowest BCUT2D eigenvalue weighted by molar-refractivity contribution is 0.0954. The van der Waals surface area contributed by atoms with Gasteiger partial charge in [0.25, 0.3) is 11.8 Å². The van der Waals surface area contributed by atoms with Gasteiger partial charge in [-0.1, -0.05) is 41.9 Å². The van der Waals surface area contributed by atoms with E-state index in [0.717, 1.165) is 5.56 Å². The fraction of sp³-hybridized carbons (Fsp3) is 0.0500. The lowest BCUT2D eigenvalue weighted by Crippen LogP contribution is -2.19. The van der Waals surface area contributed by atoms with E-state index in [4.69, 9.17) is 11.6 Å². The fourth-order valence-electron chi connectivity index (χ4n) is 2.33. The molecule has 0 saturated carbocycles. The van der Waals surface area contributed by atoms with E-state index in [1.165, 1.54) is 11.3 Å². The highest BCUT2D eigenvalue weighted by Gasteiger charge is 2.10. The van der Waals surface area contributed by atoms with E-state index in [0.29, 0.717) is 26.9 Å². The zero-order chi connectivity index (χ0) is 19.2. The molecule has 0 aliphatic heterocycles. The molecule has 0 aliphatic carbocycles. The van der Waals surface area contributed by atoms with Crippen molar-refractivity contribution in [1.82, 2.24) is 5.43 Å². The molecule has 0 atom stereocenters. The molecule has 0 bridgehead atoms.